The summed E-state index contributed by atoms with van der Waals surface area (Å²) in [5, 5.41) is 12.6. The van der Waals surface area contributed by atoms with Crippen molar-refractivity contribution in [3.05, 3.63) is 40.3 Å². The molecule has 0 spiro atoms. The van der Waals surface area contributed by atoms with Crippen molar-refractivity contribution in [1.29, 1.82) is 0 Å². The first kappa shape index (κ1) is 23.8. The summed E-state index contributed by atoms with van der Waals surface area (Å²) in [6, 6.07) is 7.61. The predicted molar refractivity (Wildman–Crippen MR) is 127 cm³/mol. The summed E-state index contributed by atoms with van der Waals surface area (Å²) in [6.45, 7) is 8.43. The normalized spacial score (nSPS) is 10.8. The lowest BCUT2D eigenvalue weighted by molar-refractivity contribution is -0.113. The van der Waals surface area contributed by atoms with Crippen LogP contribution in [0.2, 0.25) is 0 Å². The highest BCUT2D eigenvalue weighted by atomic mass is 32.2. The molecule has 8 nitrogen and oxygen atoms in total. The van der Waals surface area contributed by atoms with E-state index in [1.54, 1.807) is 14.0 Å². The SMILES string of the molecule is CCOC(=O)c1c(NC(=O)CSc2nnc(-c3ccccc3OC)n2CC)sc(C)c1C. The number of thiophene rings is 1. The molecule has 0 atom stereocenters. The third kappa shape index (κ3) is 4.97. The minimum atomic E-state index is -0.426. The van der Waals surface area contributed by atoms with Crippen LogP contribution >= 0.6 is 23.1 Å². The molecule has 1 N–H and O–H groups in total. The van der Waals surface area contributed by atoms with E-state index in [4.69, 9.17) is 9.47 Å². The molecule has 1 amide bonds. The van der Waals surface area contributed by atoms with Crippen molar-refractivity contribution in [2.75, 3.05) is 24.8 Å². The highest BCUT2D eigenvalue weighted by Gasteiger charge is 2.23. The number of anilines is 1. The molecule has 0 fully saturated rings. The fraction of sp³-hybridized carbons (Fsp3) is 0.364. The summed E-state index contributed by atoms with van der Waals surface area (Å²) in [6.07, 6.45) is 0. The van der Waals surface area contributed by atoms with Gasteiger partial charge in [-0.1, -0.05) is 23.9 Å². The van der Waals surface area contributed by atoms with Crippen LogP contribution in [-0.2, 0) is 16.1 Å². The fourth-order valence-electron chi connectivity index (χ4n) is 3.17. The van der Waals surface area contributed by atoms with Crippen molar-refractivity contribution in [2.45, 2.75) is 39.4 Å². The maximum Gasteiger partial charge on any atom is 0.341 e. The summed E-state index contributed by atoms with van der Waals surface area (Å²) in [5.41, 5.74) is 2.08. The minimum Gasteiger partial charge on any atom is -0.496 e. The zero-order valence-electron chi connectivity index (χ0n) is 18.7. The number of hydrogen-bond donors (Lipinski definition) is 1. The molecule has 1 aromatic carbocycles. The molecule has 0 saturated carbocycles. The summed E-state index contributed by atoms with van der Waals surface area (Å²) >= 11 is 2.66. The van der Waals surface area contributed by atoms with E-state index in [0.29, 0.717) is 33.8 Å². The van der Waals surface area contributed by atoms with Gasteiger partial charge in [-0.3, -0.25) is 4.79 Å². The van der Waals surface area contributed by atoms with Gasteiger partial charge in [0.2, 0.25) is 5.91 Å². The summed E-state index contributed by atoms with van der Waals surface area (Å²) < 4.78 is 12.5. The second-order valence-corrected chi connectivity index (χ2v) is 8.96. The van der Waals surface area contributed by atoms with Gasteiger partial charge in [0, 0.05) is 11.4 Å². The van der Waals surface area contributed by atoms with Gasteiger partial charge in [0.25, 0.3) is 0 Å². The quantitative estimate of drug-likeness (QED) is 0.359. The Balaban J connectivity index is 1.75. The Bertz CT molecular complexity index is 1120. The van der Waals surface area contributed by atoms with Crippen LogP contribution in [0.3, 0.4) is 0 Å². The van der Waals surface area contributed by atoms with Crippen LogP contribution in [-0.4, -0.2) is 46.1 Å². The molecule has 0 aliphatic carbocycles. The van der Waals surface area contributed by atoms with Gasteiger partial charge in [-0.05, 0) is 45.4 Å². The highest BCUT2D eigenvalue weighted by Crippen LogP contribution is 2.34. The molecule has 3 rings (SSSR count). The van der Waals surface area contributed by atoms with E-state index < -0.39 is 5.97 Å². The van der Waals surface area contributed by atoms with Gasteiger partial charge in [-0.25, -0.2) is 4.79 Å². The Morgan fingerprint density at radius 3 is 2.62 bits per heavy atom. The second-order valence-electron chi connectivity index (χ2n) is 6.80. The Morgan fingerprint density at radius 2 is 1.94 bits per heavy atom. The number of methoxy groups -OCH3 is 1. The van der Waals surface area contributed by atoms with Crippen LogP contribution in [0.4, 0.5) is 5.00 Å². The van der Waals surface area contributed by atoms with Crippen molar-refractivity contribution in [3.63, 3.8) is 0 Å². The smallest absolute Gasteiger partial charge is 0.341 e. The molecule has 0 aliphatic rings. The van der Waals surface area contributed by atoms with Crippen molar-refractivity contribution >= 4 is 40.0 Å². The number of esters is 1. The first-order valence-electron chi connectivity index (χ1n) is 10.2. The molecular formula is C22H26N4O4S2. The zero-order valence-corrected chi connectivity index (χ0v) is 20.4. The van der Waals surface area contributed by atoms with Gasteiger partial charge in [-0.15, -0.1) is 21.5 Å². The molecule has 0 aliphatic heterocycles. The van der Waals surface area contributed by atoms with Crippen LogP contribution in [0, 0.1) is 13.8 Å². The summed E-state index contributed by atoms with van der Waals surface area (Å²) in [5.74, 6) is 0.860. The van der Waals surface area contributed by atoms with Crippen LogP contribution < -0.4 is 10.1 Å². The number of aromatic nitrogens is 3. The molecule has 32 heavy (non-hydrogen) atoms. The maximum atomic E-state index is 12.7. The number of carbonyl (C=O) groups excluding carboxylic acids is 2. The number of benzene rings is 1. The molecule has 2 aromatic heterocycles. The molecule has 0 unspecified atom stereocenters. The van der Waals surface area contributed by atoms with Gasteiger partial charge < -0.3 is 19.4 Å². The molecule has 0 saturated heterocycles. The zero-order chi connectivity index (χ0) is 23.3. The van der Waals surface area contributed by atoms with Crippen molar-refractivity contribution in [1.82, 2.24) is 14.8 Å². The average Bonchev–Trinajstić information content (AvgIpc) is 3.32. The molecule has 0 bridgehead atoms. The van der Waals surface area contributed by atoms with Crippen molar-refractivity contribution in [3.8, 4) is 17.1 Å². The number of para-hydroxylation sites is 1. The molecule has 10 heteroatoms. The van der Waals surface area contributed by atoms with Gasteiger partial charge in [0.1, 0.15) is 10.8 Å². The van der Waals surface area contributed by atoms with E-state index in [1.807, 2.05) is 49.6 Å². The van der Waals surface area contributed by atoms with Crippen molar-refractivity contribution < 1.29 is 19.1 Å². The van der Waals surface area contributed by atoms with E-state index >= 15 is 0 Å². The van der Waals surface area contributed by atoms with Gasteiger partial charge in [0.05, 0.1) is 30.6 Å². The minimum absolute atomic E-state index is 0.127. The van der Waals surface area contributed by atoms with E-state index in [0.717, 1.165) is 16.0 Å². The predicted octanol–water partition coefficient (Wildman–Crippen LogP) is 4.56. The number of amides is 1. The molecule has 170 valence electrons. The van der Waals surface area contributed by atoms with Crippen LogP contribution in [0.25, 0.3) is 11.4 Å². The average molecular weight is 475 g/mol. The van der Waals surface area contributed by atoms with E-state index in [9.17, 15) is 9.59 Å². The monoisotopic (exact) mass is 474 g/mol. The van der Waals surface area contributed by atoms with Crippen LogP contribution in [0.1, 0.15) is 34.6 Å². The summed E-state index contributed by atoms with van der Waals surface area (Å²) in [4.78, 5) is 26.0. The first-order valence-corrected chi connectivity index (χ1v) is 12.0. The van der Waals surface area contributed by atoms with E-state index in [1.165, 1.54) is 23.1 Å². The standard InChI is InChI=1S/C22H26N4O4S2/c1-6-26-19(15-10-8-9-11-16(15)29-5)24-25-22(26)31-12-17(27)23-20-18(21(28)30-7-2)13(3)14(4)32-20/h8-11H,6-7,12H2,1-5H3,(H,23,27). The number of hydrogen-bond acceptors (Lipinski definition) is 8. The van der Waals surface area contributed by atoms with Crippen LogP contribution in [0.5, 0.6) is 5.75 Å². The number of rotatable bonds is 9. The second kappa shape index (κ2) is 10.6. The van der Waals surface area contributed by atoms with E-state index in [-0.39, 0.29) is 18.3 Å². The number of ether oxygens (including phenoxy) is 2. The van der Waals surface area contributed by atoms with Crippen molar-refractivity contribution in [2.24, 2.45) is 0 Å². The number of nitrogens with zero attached hydrogens (tertiary/aromatic N) is 3. The Kier molecular flexibility index (Phi) is 7.92. The molecule has 3 aromatic rings. The Morgan fingerprint density at radius 1 is 1.19 bits per heavy atom. The first-order chi connectivity index (χ1) is 15.4. The number of aryl methyl sites for hydroxylation is 1. The highest BCUT2D eigenvalue weighted by molar-refractivity contribution is 7.99. The third-order valence-corrected chi connectivity index (χ3v) is 6.92. The Labute approximate surface area is 195 Å². The maximum absolute atomic E-state index is 12.7. The largest absolute Gasteiger partial charge is 0.496 e. The molecule has 0 radical (unpaired) electrons. The number of thioether (sulfide) groups is 1. The third-order valence-electron chi connectivity index (χ3n) is 4.83. The topological polar surface area (TPSA) is 95.3 Å². The number of nitrogens with one attached hydrogen (secondary N) is 1. The lowest BCUT2D eigenvalue weighted by Crippen LogP contribution is -2.17. The lowest BCUT2D eigenvalue weighted by Gasteiger charge is -2.10. The van der Waals surface area contributed by atoms with Gasteiger partial charge >= 0.3 is 5.97 Å². The van der Waals surface area contributed by atoms with Gasteiger partial charge in [-0.2, -0.15) is 0 Å². The molecular weight excluding hydrogens is 448 g/mol. The van der Waals surface area contributed by atoms with Crippen LogP contribution in [0.15, 0.2) is 29.4 Å². The molecule has 2 heterocycles. The van der Waals surface area contributed by atoms with E-state index in [2.05, 4.69) is 15.5 Å². The summed E-state index contributed by atoms with van der Waals surface area (Å²) in [7, 11) is 1.62. The Hall–Kier alpha value is -2.85. The number of carbonyl (C=O) groups is 2. The van der Waals surface area contributed by atoms with Gasteiger partial charge in [0.15, 0.2) is 11.0 Å². The lowest BCUT2D eigenvalue weighted by atomic mass is 10.1. The fourth-order valence-corrected chi connectivity index (χ4v) is 5.03.